The summed E-state index contributed by atoms with van der Waals surface area (Å²) < 4.78 is 0. The summed E-state index contributed by atoms with van der Waals surface area (Å²) in [6.45, 7) is 6.20. The largest absolute Gasteiger partial charge is 0.345 e. The SMILES string of the molecule is CCc1nc([C@@H](N)CC)[nH]c1C. The Morgan fingerprint density at radius 1 is 1.50 bits per heavy atom. The van der Waals surface area contributed by atoms with Gasteiger partial charge in [0.05, 0.1) is 11.7 Å². The van der Waals surface area contributed by atoms with E-state index in [0.29, 0.717) is 0 Å². The Balaban J connectivity index is 2.88. The molecule has 3 heteroatoms. The summed E-state index contributed by atoms with van der Waals surface area (Å²) >= 11 is 0. The van der Waals surface area contributed by atoms with Crippen molar-refractivity contribution in [2.75, 3.05) is 0 Å². The zero-order chi connectivity index (χ0) is 9.14. The summed E-state index contributed by atoms with van der Waals surface area (Å²) in [5.41, 5.74) is 8.12. The molecule has 1 rings (SSSR count). The van der Waals surface area contributed by atoms with Gasteiger partial charge in [0.25, 0.3) is 0 Å². The minimum Gasteiger partial charge on any atom is -0.345 e. The molecule has 0 aromatic carbocycles. The molecule has 0 aliphatic carbocycles. The van der Waals surface area contributed by atoms with Crippen LogP contribution in [-0.2, 0) is 6.42 Å². The van der Waals surface area contributed by atoms with Gasteiger partial charge in [-0.2, -0.15) is 0 Å². The monoisotopic (exact) mass is 167 g/mol. The van der Waals surface area contributed by atoms with Crippen molar-refractivity contribution in [2.24, 2.45) is 5.73 Å². The van der Waals surface area contributed by atoms with E-state index >= 15 is 0 Å². The molecule has 68 valence electrons. The van der Waals surface area contributed by atoms with Crippen LogP contribution in [0.25, 0.3) is 0 Å². The number of nitrogens with zero attached hydrogens (tertiary/aromatic N) is 1. The first-order chi connectivity index (χ1) is 5.69. The first-order valence-corrected chi connectivity index (χ1v) is 4.50. The van der Waals surface area contributed by atoms with Crippen LogP contribution in [0.4, 0.5) is 0 Å². The Bertz CT molecular complexity index is 252. The highest BCUT2D eigenvalue weighted by Crippen LogP contribution is 2.12. The number of hydrogen-bond donors (Lipinski definition) is 2. The maximum atomic E-state index is 5.84. The van der Waals surface area contributed by atoms with Crippen LogP contribution < -0.4 is 5.73 Å². The van der Waals surface area contributed by atoms with E-state index in [1.165, 1.54) is 0 Å². The molecular weight excluding hydrogens is 150 g/mol. The van der Waals surface area contributed by atoms with E-state index in [0.717, 1.165) is 30.1 Å². The van der Waals surface area contributed by atoms with Gasteiger partial charge in [-0.3, -0.25) is 0 Å². The fourth-order valence-electron chi connectivity index (χ4n) is 1.23. The van der Waals surface area contributed by atoms with Crippen LogP contribution in [-0.4, -0.2) is 9.97 Å². The highest BCUT2D eigenvalue weighted by Gasteiger charge is 2.09. The van der Waals surface area contributed by atoms with Crippen molar-refractivity contribution in [3.63, 3.8) is 0 Å². The van der Waals surface area contributed by atoms with Gasteiger partial charge < -0.3 is 10.7 Å². The summed E-state index contributed by atoms with van der Waals surface area (Å²) in [6, 6.07) is 0.0593. The van der Waals surface area contributed by atoms with Crippen molar-refractivity contribution >= 4 is 0 Å². The van der Waals surface area contributed by atoms with Gasteiger partial charge in [0, 0.05) is 5.69 Å². The molecule has 0 aliphatic rings. The highest BCUT2D eigenvalue weighted by molar-refractivity contribution is 5.14. The van der Waals surface area contributed by atoms with Crippen molar-refractivity contribution in [3.05, 3.63) is 17.2 Å². The Morgan fingerprint density at radius 3 is 2.58 bits per heavy atom. The Kier molecular flexibility index (Phi) is 2.87. The van der Waals surface area contributed by atoms with Crippen LogP contribution in [0, 0.1) is 6.92 Å². The molecule has 1 atom stereocenters. The van der Waals surface area contributed by atoms with Gasteiger partial charge in [0.2, 0.25) is 0 Å². The third kappa shape index (κ3) is 1.67. The van der Waals surface area contributed by atoms with Gasteiger partial charge in [-0.1, -0.05) is 13.8 Å². The molecular formula is C9H17N3. The predicted octanol–water partition coefficient (Wildman–Crippen LogP) is 1.69. The Labute approximate surface area is 73.4 Å². The van der Waals surface area contributed by atoms with E-state index in [-0.39, 0.29) is 6.04 Å². The van der Waals surface area contributed by atoms with Crippen LogP contribution in [0.3, 0.4) is 0 Å². The summed E-state index contributed by atoms with van der Waals surface area (Å²) in [7, 11) is 0. The van der Waals surface area contributed by atoms with Crippen molar-refractivity contribution in [3.8, 4) is 0 Å². The molecule has 1 heterocycles. The Morgan fingerprint density at radius 2 is 2.17 bits per heavy atom. The van der Waals surface area contributed by atoms with E-state index in [4.69, 9.17) is 5.73 Å². The number of H-pyrrole nitrogens is 1. The lowest BCUT2D eigenvalue weighted by molar-refractivity contribution is 0.655. The number of nitrogens with one attached hydrogen (secondary N) is 1. The second kappa shape index (κ2) is 3.72. The summed E-state index contributed by atoms with van der Waals surface area (Å²) in [4.78, 5) is 7.63. The lowest BCUT2D eigenvalue weighted by Gasteiger charge is -2.02. The zero-order valence-corrected chi connectivity index (χ0v) is 8.02. The topological polar surface area (TPSA) is 54.7 Å². The van der Waals surface area contributed by atoms with Crippen molar-refractivity contribution in [1.29, 1.82) is 0 Å². The molecule has 0 amide bonds. The van der Waals surface area contributed by atoms with Crippen LogP contribution in [0.2, 0.25) is 0 Å². The predicted molar refractivity (Wildman–Crippen MR) is 49.9 cm³/mol. The molecule has 0 saturated carbocycles. The third-order valence-electron chi connectivity index (χ3n) is 2.13. The molecule has 1 aromatic rings. The van der Waals surface area contributed by atoms with Gasteiger partial charge in [0.1, 0.15) is 5.82 Å². The quantitative estimate of drug-likeness (QED) is 0.719. The second-order valence-electron chi connectivity index (χ2n) is 3.06. The van der Waals surface area contributed by atoms with Crippen molar-refractivity contribution in [2.45, 2.75) is 39.7 Å². The maximum absolute atomic E-state index is 5.84. The fraction of sp³-hybridized carbons (Fsp3) is 0.667. The Hall–Kier alpha value is -0.830. The van der Waals surface area contributed by atoms with E-state index in [2.05, 4.69) is 23.8 Å². The van der Waals surface area contributed by atoms with Crippen molar-refractivity contribution < 1.29 is 0 Å². The standard InChI is InChI=1S/C9H17N3/c1-4-7(10)9-11-6(3)8(5-2)12-9/h7H,4-5,10H2,1-3H3,(H,11,12)/t7-/m0/s1. The molecule has 0 bridgehead atoms. The van der Waals surface area contributed by atoms with Gasteiger partial charge in [-0.05, 0) is 19.8 Å². The molecule has 0 fully saturated rings. The van der Waals surface area contributed by atoms with E-state index in [1.54, 1.807) is 0 Å². The number of imidazole rings is 1. The molecule has 0 radical (unpaired) electrons. The summed E-state index contributed by atoms with van der Waals surface area (Å²) in [5.74, 6) is 0.923. The molecule has 12 heavy (non-hydrogen) atoms. The number of nitrogens with two attached hydrogens (primary N) is 1. The van der Waals surface area contributed by atoms with Crippen LogP contribution in [0.5, 0.6) is 0 Å². The average Bonchev–Trinajstić information content (AvgIpc) is 2.45. The molecule has 3 N–H and O–H groups in total. The number of aryl methyl sites for hydroxylation is 2. The summed E-state index contributed by atoms with van der Waals surface area (Å²) in [6.07, 6.45) is 1.90. The highest BCUT2D eigenvalue weighted by atomic mass is 15.0. The van der Waals surface area contributed by atoms with E-state index < -0.39 is 0 Å². The van der Waals surface area contributed by atoms with Crippen LogP contribution >= 0.6 is 0 Å². The van der Waals surface area contributed by atoms with E-state index in [1.807, 2.05) is 6.92 Å². The first kappa shape index (κ1) is 9.26. The molecule has 0 aliphatic heterocycles. The summed E-state index contributed by atoms with van der Waals surface area (Å²) in [5, 5.41) is 0. The first-order valence-electron chi connectivity index (χ1n) is 4.50. The number of rotatable bonds is 3. The zero-order valence-electron chi connectivity index (χ0n) is 8.02. The van der Waals surface area contributed by atoms with Crippen molar-refractivity contribution in [1.82, 2.24) is 9.97 Å². The van der Waals surface area contributed by atoms with Crippen LogP contribution in [0.15, 0.2) is 0 Å². The molecule has 0 unspecified atom stereocenters. The van der Waals surface area contributed by atoms with Gasteiger partial charge >= 0.3 is 0 Å². The smallest absolute Gasteiger partial charge is 0.123 e. The fourth-order valence-corrected chi connectivity index (χ4v) is 1.23. The third-order valence-corrected chi connectivity index (χ3v) is 2.13. The number of hydrogen-bond acceptors (Lipinski definition) is 2. The van der Waals surface area contributed by atoms with Gasteiger partial charge in [-0.15, -0.1) is 0 Å². The van der Waals surface area contributed by atoms with Gasteiger partial charge in [0.15, 0.2) is 0 Å². The number of aromatic amines is 1. The normalized spacial score (nSPS) is 13.3. The maximum Gasteiger partial charge on any atom is 0.123 e. The van der Waals surface area contributed by atoms with E-state index in [9.17, 15) is 0 Å². The molecule has 1 aromatic heterocycles. The second-order valence-corrected chi connectivity index (χ2v) is 3.06. The van der Waals surface area contributed by atoms with Crippen LogP contribution in [0.1, 0.15) is 43.5 Å². The van der Waals surface area contributed by atoms with Gasteiger partial charge in [-0.25, -0.2) is 4.98 Å². The number of aromatic nitrogens is 2. The molecule has 0 saturated heterocycles. The molecule has 0 spiro atoms. The average molecular weight is 167 g/mol. The molecule has 3 nitrogen and oxygen atoms in total. The lowest BCUT2D eigenvalue weighted by atomic mass is 10.2. The minimum absolute atomic E-state index is 0.0593. The minimum atomic E-state index is 0.0593. The lowest BCUT2D eigenvalue weighted by Crippen LogP contribution is -2.10.